The van der Waals surface area contributed by atoms with Gasteiger partial charge in [0.1, 0.15) is 34.9 Å². The molecule has 0 unspecified atom stereocenters. The summed E-state index contributed by atoms with van der Waals surface area (Å²) in [4.78, 5) is 45.1. The molecule has 0 N–H and O–H groups in total. The van der Waals surface area contributed by atoms with Crippen LogP contribution in [0.2, 0.25) is 0 Å². The van der Waals surface area contributed by atoms with Crippen molar-refractivity contribution in [3.05, 3.63) is 40.7 Å². The normalized spacial score (nSPS) is 23.3. The van der Waals surface area contributed by atoms with Crippen molar-refractivity contribution in [2.24, 2.45) is 0 Å². The molecule has 1 fully saturated rings. The molecule has 0 bridgehead atoms. The smallest absolute Gasteiger partial charge is 0.303 e. The molecule has 4 rings (SSSR count). The maximum Gasteiger partial charge on any atom is 0.303 e. The first kappa shape index (κ1) is 27.2. The summed E-state index contributed by atoms with van der Waals surface area (Å²) in [7, 11) is 0. The van der Waals surface area contributed by atoms with Crippen LogP contribution >= 0.6 is 39.0 Å². The second-order valence-electron chi connectivity index (χ2n) is 7.86. The number of hydrogen-bond acceptors (Lipinski definition) is 13. The van der Waals surface area contributed by atoms with Gasteiger partial charge >= 0.3 is 17.9 Å². The van der Waals surface area contributed by atoms with Gasteiger partial charge in [-0.25, -0.2) is 9.67 Å². The van der Waals surface area contributed by atoms with Gasteiger partial charge in [-0.3, -0.25) is 19.4 Å². The number of nitrogens with zero attached hydrogens (tertiary/aromatic N) is 5. The SMILES string of the molecule is CC(=O)OC[C@H]1O[C@H](Sc2cncc(Br)c2)[C@H](OC(C)=O)[C@@H](n2cc(-c3nccs3)nn2)[C@H]1OC(C)=O. The number of halogens is 1. The first-order valence-electron chi connectivity index (χ1n) is 10.9. The predicted molar refractivity (Wildman–Crippen MR) is 134 cm³/mol. The third-order valence-corrected chi connectivity index (χ3v) is 7.41. The Labute approximate surface area is 228 Å². The van der Waals surface area contributed by atoms with Crippen molar-refractivity contribution >= 4 is 56.9 Å². The average molecular weight is 612 g/mol. The summed E-state index contributed by atoms with van der Waals surface area (Å²) in [5.74, 6) is -1.71. The number of carbonyl (C=O) groups excluding carboxylic acids is 3. The third kappa shape index (κ3) is 6.91. The van der Waals surface area contributed by atoms with Crippen molar-refractivity contribution in [1.82, 2.24) is 25.0 Å². The molecule has 0 amide bonds. The van der Waals surface area contributed by atoms with E-state index in [0.717, 1.165) is 9.37 Å². The zero-order chi connectivity index (χ0) is 26.5. The summed E-state index contributed by atoms with van der Waals surface area (Å²) < 4.78 is 25.1. The molecular formula is C22H22BrN5O7S2. The standard InChI is InChI=1S/C22H22BrN5O7S2/c1-11(29)32-10-17-19(33-12(2)30)18(28-9-16(26-27-28)21-25-4-5-36-21)20(34-13(3)31)22(35-17)37-15-6-14(23)7-24-8-15/h4-9,17-20,22H,10H2,1-3H3/t17-,18+,19+,20-,22-/m1/s1. The lowest BCUT2D eigenvalue weighted by molar-refractivity contribution is -0.212. The van der Waals surface area contributed by atoms with Crippen LogP contribution in [0.4, 0.5) is 0 Å². The van der Waals surface area contributed by atoms with Crippen LogP contribution in [0, 0.1) is 0 Å². The van der Waals surface area contributed by atoms with Crippen LogP contribution < -0.4 is 0 Å². The van der Waals surface area contributed by atoms with Gasteiger partial charge in [0.05, 0.1) is 6.20 Å². The molecule has 37 heavy (non-hydrogen) atoms. The Hall–Kier alpha value is -2.88. The van der Waals surface area contributed by atoms with E-state index in [9.17, 15) is 14.4 Å². The highest BCUT2D eigenvalue weighted by Gasteiger charge is 2.52. The molecule has 3 aromatic heterocycles. The first-order valence-corrected chi connectivity index (χ1v) is 13.5. The van der Waals surface area contributed by atoms with Crippen LogP contribution in [0.15, 0.2) is 45.6 Å². The number of aromatic nitrogens is 5. The monoisotopic (exact) mass is 611 g/mol. The molecule has 0 spiro atoms. The van der Waals surface area contributed by atoms with Gasteiger partial charge in [0.25, 0.3) is 0 Å². The molecular weight excluding hydrogens is 590 g/mol. The van der Waals surface area contributed by atoms with E-state index in [1.807, 2.05) is 6.07 Å². The molecule has 5 atom stereocenters. The van der Waals surface area contributed by atoms with E-state index in [2.05, 4.69) is 36.2 Å². The van der Waals surface area contributed by atoms with Crippen LogP contribution in [-0.4, -0.2) is 73.2 Å². The second kappa shape index (κ2) is 12.1. The summed E-state index contributed by atoms with van der Waals surface area (Å²) in [6.45, 7) is 3.57. The van der Waals surface area contributed by atoms with Gasteiger partial charge in [0.2, 0.25) is 0 Å². The topological polar surface area (TPSA) is 145 Å². The molecule has 0 saturated carbocycles. The predicted octanol–water partition coefficient (Wildman–Crippen LogP) is 3.04. The molecule has 12 nitrogen and oxygen atoms in total. The van der Waals surface area contributed by atoms with E-state index >= 15 is 0 Å². The minimum Gasteiger partial charge on any atom is -0.463 e. The Morgan fingerprint density at radius 3 is 2.54 bits per heavy atom. The Balaban J connectivity index is 1.78. The van der Waals surface area contributed by atoms with E-state index in [0.29, 0.717) is 10.7 Å². The third-order valence-electron chi connectivity index (χ3n) is 5.07. The van der Waals surface area contributed by atoms with Crippen molar-refractivity contribution in [1.29, 1.82) is 0 Å². The Kier molecular flexibility index (Phi) is 8.89. The molecule has 3 aromatic rings. The van der Waals surface area contributed by atoms with Gasteiger partial charge < -0.3 is 18.9 Å². The lowest BCUT2D eigenvalue weighted by Crippen LogP contribution is -2.57. The maximum absolute atomic E-state index is 12.2. The molecule has 1 saturated heterocycles. The lowest BCUT2D eigenvalue weighted by atomic mass is 9.96. The fourth-order valence-electron chi connectivity index (χ4n) is 3.74. The number of rotatable bonds is 8. The fraction of sp³-hybridized carbons (Fsp3) is 0.409. The molecule has 4 heterocycles. The van der Waals surface area contributed by atoms with Crippen LogP contribution in [0.1, 0.15) is 26.8 Å². The number of hydrogen-bond donors (Lipinski definition) is 0. The number of thiazole rings is 1. The zero-order valence-electron chi connectivity index (χ0n) is 19.8. The highest BCUT2D eigenvalue weighted by atomic mass is 79.9. The highest BCUT2D eigenvalue weighted by molar-refractivity contribution is 9.10. The molecule has 0 aliphatic carbocycles. The van der Waals surface area contributed by atoms with E-state index in [1.165, 1.54) is 48.6 Å². The Bertz CT molecular complexity index is 1260. The molecule has 0 aromatic carbocycles. The highest BCUT2D eigenvalue weighted by Crippen LogP contribution is 2.41. The van der Waals surface area contributed by atoms with Crippen molar-refractivity contribution in [2.45, 2.75) is 55.5 Å². The Morgan fingerprint density at radius 1 is 1.14 bits per heavy atom. The fourth-order valence-corrected chi connectivity index (χ4v) is 5.98. The number of thioether (sulfide) groups is 1. The minimum absolute atomic E-state index is 0.210. The molecule has 1 aliphatic heterocycles. The van der Waals surface area contributed by atoms with Crippen molar-refractivity contribution in [3.8, 4) is 10.7 Å². The average Bonchev–Trinajstić information content (AvgIpc) is 3.51. The quantitative estimate of drug-likeness (QED) is 0.272. The molecule has 196 valence electrons. The number of ether oxygens (including phenoxy) is 4. The summed E-state index contributed by atoms with van der Waals surface area (Å²) in [5, 5.41) is 10.9. The van der Waals surface area contributed by atoms with Gasteiger partial charge in [-0.15, -0.1) is 16.4 Å². The maximum atomic E-state index is 12.2. The van der Waals surface area contributed by atoms with Crippen molar-refractivity contribution < 1.29 is 33.3 Å². The van der Waals surface area contributed by atoms with E-state index < -0.39 is 47.7 Å². The molecule has 1 aliphatic rings. The first-order chi connectivity index (χ1) is 17.7. The Morgan fingerprint density at radius 2 is 1.89 bits per heavy atom. The van der Waals surface area contributed by atoms with Crippen molar-refractivity contribution in [3.63, 3.8) is 0 Å². The van der Waals surface area contributed by atoms with Crippen molar-refractivity contribution in [2.75, 3.05) is 6.61 Å². The number of esters is 3. The van der Waals surface area contributed by atoms with Gasteiger partial charge in [-0.1, -0.05) is 17.0 Å². The van der Waals surface area contributed by atoms with E-state index in [1.54, 1.807) is 30.2 Å². The minimum atomic E-state index is -1.04. The van der Waals surface area contributed by atoms with Gasteiger partial charge in [-0.05, 0) is 22.0 Å². The lowest BCUT2D eigenvalue weighted by Gasteiger charge is -2.44. The summed E-state index contributed by atoms with van der Waals surface area (Å²) in [6.07, 6.45) is 3.61. The number of carbonyl (C=O) groups is 3. The van der Waals surface area contributed by atoms with Gasteiger partial charge in [0.15, 0.2) is 12.2 Å². The molecule has 15 heteroatoms. The van der Waals surface area contributed by atoms with Gasteiger partial charge in [-0.2, -0.15) is 0 Å². The van der Waals surface area contributed by atoms with Gasteiger partial charge in [0, 0.05) is 54.1 Å². The summed E-state index contributed by atoms with van der Waals surface area (Å²) >= 11 is 6.02. The zero-order valence-corrected chi connectivity index (χ0v) is 23.1. The van der Waals surface area contributed by atoms with E-state index in [-0.39, 0.29) is 6.61 Å². The largest absolute Gasteiger partial charge is 0.463 e. The van der Waals surface area contributed by atoms with Crippen LogP contribution in [0.25, 0.3) is 10.7 Å². The number of pyridine rings is 1. The second-order valence-corrected chi connectivity index (χ2v) is 10.8. The van der Waals surface area contributed by atoms with Crippen LogP contribution in [-0.2, 0) is 33.3 Å². The summed E-state index contributed by atoms with van der Waals surface area (Å²) in [5.41, 5.74) is -0.327. The summed E-state index contributed by atoms with van der Waals surface area (Å²) in [6, 6.07) is 0.955. The molecule has 0 radical (unpaired) electrons. The van der Waals surface area contributed by atoms with Crippen LogP contribution in [0.3, 0.4) is 0 Å². The van der Waals surface area contributed by atoms with Crippen LogP contribution in [0.5, 0.6) is 0 Å². The van der Waals surface area contributed by atoms with E-state index in [4.69, 9.17) is 18.9 Å².